The molecule has 0 aliphatic carbocycles. The SMILES string of the molecule is C=C/C=C(\C=C)C1OCC2OC(C(/C=C\C)=C/C=C)OC(C(O)CO)C2O1. The molecule has 2 heterocycles. The van der Waals surface area contributed by atoms with Crippen LogP contribution in [0, 0.1) is 0 Å². The molecule has 0 bridgehead atoms. The molecule has 6 atom stereocenters. The average Bonchev–Trinajstić information content (AvgIpc) is 2.70. The lowest BCUT2D eigenvalue weighted by molar-refractivity contribution is -0.352. The zero-order valence-electron chi connectivity index (χ0n) is 15.6. The number of aliphatic hydroxyl groups is 2. The summed E-state index contributed by atoms with van der Waals surface area (Å²) in [4.78, 5) is 0. The molecule has 27 heavy (non-hydrogen) atoms. The number of aliphatic hydroxyl groups excluding tert-OH is 2. The summed E-state index contributed by atoms with van der Waals surface area (Å²) in [5.74, 6) is 0. The Morgan fingerprint density at radius 1 is 1.07 bits per heavy atom. The van der Waals surface area contributed by atoms with Gasteiger partial charge >= 0.3 is 0 Å². The van der Waals surface area contributed by atoms with Crippen LogP contribution in [0.2, 0.25) is 0 Å². The molecule has 2 fully saturated rings. The number of allylic oxidation sites excluding steroid dienone is 5. The highest BCUT2D eigenvalue weighted by Gasteiger charge is 2.48. The van der Waals surface area contributed by atoms with Gasteiger partial charge < -0.3 is 29.2 Å². The van der Waals surface area contributed by atoms with Gasteiger partial charge in [-0.1, -0.05) is 62.3 Å². The Balaban J connectivity index is 2.27. The summed E-state index contributed by atoms with van der Waals surface area (Å²) in [5.41, 5.74) is 1.44. The summed E-state index contributed by atoms with van der Waals surface area (Å²) < 4.78 is 23.7. The van der Waals surface area contributed by atoms with Gasteiger partial charge in [-0.3, -0.25) is 0 Å². The van der Waals surface area contributed by atoms with Crippen LogP contribution in [0.3, 0.4) is 0 Å². The molecule has 6 nitrogen and oxygen atoms in total. The molecule has 2 aliphatic rings. The zero-order chi connectivity index (χ0) is 19.8. The Labute approximate surface area is 160 Å². The quantitative estimate of drug-likeness (QED) is 0.633. The van der Waals surface area contributed by atoms with Crippen LogP contribution in [0.15, 0.2) is 73.4 Å². The fraction of sp³-hybridized carbons (Fsp3) is 0.429. The van der Waals surface area contributed by atoms with Crippen molar-refractivity contribution in [2.75, 3.05) is 13.2 Å². The summed E-state index contributed by atoms with van der Waals surface area (Å²) in [6, 6.07) is 0. The lowest BCUT2D eigenvalue weighted by atomic mass is 9.99. The van der Waals surface area contributed by atoms with Crippen molar-refractivity contribution in [2.24, 2.45) is 0 Å². The fourth-order valence-corrected chi connectivity index (χ4v) is 3.03. The van der Waals surface area contributed by atoms with Crippen LogP contribution < -0.4 is 0 Å². The lowest BCUT2D eigenvalue weighted by Gasteiger charge is -2.47. The van der Waals surface area contributed by atoms with Crippen molar-refractivity contribution in [3.8, 4) is 0 Å². The van der Waals surface area contributed by atoms with Crippen LogP contribution in [0.5, 0.6) is 0 Å². The number of fused-ring (bicyclic) bond motifs is 1. The maximum Gasteiger partial charge on any atom is 0.184 e. The number of hydrogen-bond donors (Lipinski definition) is 2. The van der Waals surface area contributed by atoms with Gasteiger partial charge in [-0.05, 0) is 6.92 Å². The van der Waals surface area contributed by atoms with E-state index in [1.807, 2.05) is 19.1 Å². The number of rotatable bonds is 8. The first kappa shape index (κ1) is 21.5. The van der Waals surface area contributed by atoms with Gasteiger partial charge in [0.15, 0.2) is 12.6 Å². The van der Waals surface area contributed by atoms with Gasteiger partial charge in [-0.25, -0.2) is 0 Å². The Morgan fingerprint density at radius 2 is 1.78 bits per heavy atom. The van der Waals surface area contributed by atoms with Gasteiger partial charge in [0.05, 0.1) is 13.2 Å². The first-order chi connectivity index (χ1) is 13.1. The third-order valence-corrected chi connectivity index (χ3v) is 4.29. The van der Waals surface area contributed by atoms with Gasteiger partial charge in [0.1, 0.15) is 24.4 Å². The van der Waals surface area contributed by atoms with E-state index >= 15 is 0 Å². The van der Waals surface area contributed by atoms with E-state index in [1.54, 1.807) is 30.4 Å². The van der Waals surface area contributed by atoms with Crippen molar-refractivity contribution < 1.29 is 29.2 Å². The van der Waals surface area contributed by atoms with Crippen LogP contribution in [-0.2, 0) is 18.9 Å². The minimum absolute atomic E-state index is 0.239. The van der Waals surface area contributed by atoms with E-state index in [1.165, 1.54) is 0 Å². The standard InChI is InChI=1S/C21H28O6/c1-5-9-14(8-4)20-24-13-17-19(27-20)18(16(23)12-22)26-21(25-17)15(10-6-2)11-7-3/h5-11,16-23H,1-2,4,12-13H2,3H3/b11-7-,14-9+,15-10+. The van der Waals surface area contributed by atoms with Gasteiger partial charge in [-0.2, -0.15) is 0 Å². The molecule has 0 spiro atoms. The highest BCUT2D eigenvalue weighted by Crippen LogP contribution is 2.33. The molecule has 0 amide bonds. The summed E-state index contributed by atoms with van der Waals surface area (Å²) in [6.45, 7) is 12.8. The van der Waals surface area contributed by atoms with E-state index < -0.39 is 43.6 Å². The average molecular weight is 376 g/mol. The zero-order valence-corrected chi connectivity index (χ0v) is 15.6. The second kappa shape index (κ2) is 10.5. The normalized spacial score (nSPS) is 33.4. The molecule has 0 aromatic carbocycles. The van der Waals surface area contributed by atoms with Crippen molar-refractivity contribution in [1.29, 1.82) is 0 Å². The van der Waals surface area contributed by atoms with Crippen molar-refractivity contribution in [3.05, 3.63) is 73.4 Å². The molecule has 2 saturated heterocycles. The Kier molecular flexibility index (Phi) is 8.37. The van der Waals surface area contributed by atoms with E-state index in [0.29, 0.717) is 5.57 Å². The highest BCUT2D eigenvalue weighted by molar-refractivity contribution is 5.26. The second-order valence-electron chi connectivity index (χ2n) is 6.13. The predicted molar refractivity (Wildman–Crippen MR) is 103 cm³/mol. The van der Waals surface area contributed by atoms with Gasteiger partial charge in [0, 0.05) is 11.1 Å². The molecule has 0 aromatic rings. The van der Waals surface area contributed by atoms with Crippen molar-refractivity contribution in [1.82, 2.24) is 0 Å². The highest BCUT2D eigenvalue weighted by atomic mass is 16.8. The van der Waals surface area contributed by atoms with Gasteiger partial charge in [0.25, 0.3) is 0 Å². The summed E-state index contributed by atoms with van der Waals surface area (Å²) >= 11 is 0. The smallest absolute Gasteiger partial charge is 0.184 e. The molecule has 148 valence electrons. The van der Waals surface area contributed by atoms with Crippen molar-refractivity contribution in [3.63, 3.8) is 0 Å². The molecular weight excluding hydrogens is 348 g/mol. The van der Waals surface area contributed by atoms with Crippen LogP contribution in [0.25, 0.3) is 0 Å². The Bertz CT molecular complexity index is 620. The van der Waals surface area contributed by atoms with Crippen LogP contribution in [-0.4, -0.2) is 60.4 Å². The maximum atomic E-state index is 10.3. The van der Waals surface area contributed by atoms with Crippen molar-refractivity contribution >= 4 is 0 Å². The first-order valence-electron chi connectivity index (χ1n) is 8.86. The molecular formula is C21H28O6. The van der Waals surface area contributed by atoms with Crippen LogP contribution in [0.1, 0.15) is 6.92 Å². The minimum atomic E-state index is -1.13. The van der Waals surface area contributed by atoms with Crippen LogP contribution in [0.4, 0.5) is 0 Å². The largest absolute Gasteiger partial charge is 0.394 e. The summed E-state index contributed by atoms with van der Waals surface area (Å²) in [7, 11) is 0. The Hall–Kier alpha value is -1.80. The lowest BCUT2D eigenvalue weighted by Crippen LogP contribution is -2.61. The van der Waals surface area contributed by atoms with Crippen LogP contribution >= 0.6 is 0 Å². The van der Waals surface area contributed by atoms with E-state index in [0.717, 1.165) is 5.57 Å². The van der Waals surface area contributed by atoms with Gasteiger partial charge in [-0.15, -0.1) is 0 Å². The molecule has 2 aliphatic heterocycles. The van der Waals surface area contributed by atoms with E-state index in [4.69, 9.17) is 18.9 Å². The third kappa shape index (κ3) is 5.13. The fourth-order valence-electron chi connectivity index (χ4n) is 3.03. The van der Waals surface area contributed by atoms with Crippen molar-refractivity contribution in [2.45, 2.75) is 43.9 Å². The number of ether oxygens (including phenoxy) is 4. The topological polar surface area (TPSA) is 77.4 Å². The molecule has 0 saturated carbocycles. The monoisotopic (exact) mass is 376 g/mol. The molecule has 6 unspecified atom stereocenters. The molecule has 6 heteroatoms. The summed E-state index contributed by atoms with van der Waals surface area (Å²) in [6.07, 6.45) is 7.62. The molecule has 0 aromatic heterocycles. The molecule has 2 rings (SSSR count). The first-order valence-corrected chi connectivity index (χ1v) is 8.86. The third-order valence-electron chi connectivity index (χ3n) is 4.29. The summed E-state index contributed by atoms with van der Waals surface area (Å²) in [5, 5.41) is 19.8. The Morgan fingerprint density at radius 3 is 2.37 bits per heavy atom. The molecule has 0 radical (unpaired) electrons. The molecule has 2 N–H and O–H groups in total. The maximum absolute atomic E-state index is 10.3. The number of hydrogen-bond acceptors (Lipinski definition) is 6. The van der Waals surface area contributed by atoms with E-state index in [9.17, 15) is 10.2 Å². The second-order valence-corrected chi connectivity index (χ2v) is 6.13. The van der Waals surface area contributed by atoms with E-state index in [-0.39, 0.29) is 6.61 Å². The van der Waals surface area contributed by atoms with E-state index in [2.05, 4.69) is 19.7 Å². The van der Waals surface area contributed by atoms with Gasteiger partial charge in [0.2, 0.25) is 0 Å². The predicted octanol–water partition coefficient (Wildman–Crippen LogP) is 2.18. The minimum Gasteiger partial charge on any atom is -0.394 e.